The standard InChI is InChI=1S/C17H15N2O/c1-20-16-8-3-2-7-15(16)19-11-14-6-4-5-13-9-10-18(12-19)17(13)14/h2-11H,12H2,1H3/q+1. The lowest BCUT2D eigenvalue weighted by Crippen LogP contribution is -2.18. The Morgan fingerprint density at radius 2 is 1.95 bits per heavy atom. The van der Waals surface area contributed by atoms with Crippen molar-refractivity contribution in [3.05, 3.63) is 60.3 Å². The molecule has 0 bridgehead atoms. The number of nitrogens with zero attached hydrogens (tertiary/aromatic N) is 2. The number of methoxy groups -OCH3 is 1. The van der Waals surface area contributed by atoms with Crippen molar-refractivity contribution in [2.24, 2.45) is 0 Å². The van der Waals surface area contributed by atoms with Gasteiger partial charge in [0, 0.05) is 17.6 Å². The number of rotatable bonds is 2. The van der Waals surface area contributed by atoms with Gasteiger partial charge in [-0.25, -0.2) is 0 Å². The molecule has 0 aliphatic carbocycles. The van der Waals surface area contributed by atoms with Crippen LogP contribution in [0.2, 0.25) is 0 Å². The molecule has 3 heteroatoms. The predicted octanol–water partition coefficient (Wildman–Crippen LogP) is 3.38. The van der Waals surface area contributed by atoms with Crippen molar-refractivity contribution in [3.8, 4) is 5.75 Å². The van der Waals surface area contributed by atoms with E-state index in [9.17, 15) is 0 Å². The van der Waals surface area contributed by atoms with E-state index in [2.05, 4.69) is 51.9 Å². The van der Waals surface area contributed by atoms with Crippen LogP contribution < -0.4 is 4.74 Å². The Bertz CT molecular complexity index is 830. The Kier molecular flexibility index (Phi) is 2.39. The van der Waals surface area contributed by atoms with Crippen LogP contribution in [-0.4, -0.2) is 22.5 Å². The molecule has 0 saturated heterocycles. The number of para-hydroxylation sites is 3. The van der Waals surface area contributed by atoms with Crippen LogP contribution in [0.25, 0.3) is 10.9 Å². The number of hydrogen-bond acceptors (Lipinski definition) is 1. The van der Waals surface area contributed by atoms with Crippen molar-refractivity contribution in [2.45, 2.75) is 6.67 Å². The van der Waals surface area contributed by atoms with Gasteiger partial charge in [-0.3, -0.25) is 4.57 Å². The third kappa shape index (κ3) is 1.56. The second-order valence-corrected chi connectivity index (χ2v) is 4.98. The molecule has 1 aliphatic heterocycles. The van der Waals surface area contributed by atoms with Gasteiger partial charge >= 0.3 is 0 Å². The van der Waals surface area contributed by atoms with Crippen molar-refractivity contribution >= 4 is 22.8 Å². The van der Waals surface area contributed by atoms with Gasteiger partial charge in [-0.2, -0.15) is 4.58 Å². The minimum absolute atomic E-state index is 0.806. The summed E-state index contributed by atoms with van der Waals surface area (Å²) in [6.07, 6.45) is 4.34. The van der Waals surface area contributed by atoms with E-state index in [1.807, 2.05) is 18.2 Å². The molecule has 20 heavy (non-hydrogen) atoms. The monoisotopic (exact) mass is 263 g/mol. The zero-order valence-corrected chi connectivity index (χ0v) is 11.3. The molecule has 2 heterocycles. The van der Waals surface area contributed by atoms with E-state index in [-0.39, 0.29) is 0 Å². The van der Waals surface area contributed by atoms with Crippen molar-refractivity contribution in [1.82, 2.24) is 4.57 Å². The van der Waals surface area contributed by atoms with Crippen molar-refractivity contribution in [3.63, 3.8) is 0 Å². The summed E-state index contributed by atoms with van der Waals surface area (Å²) in [5, 5.41) is 1.29. The molecule has 0 N–H and O–H groups in total. The first-order valence-electron chi connectivity index (χ1n) is 6.69. The van der Waals surface area contributed by atoms with Gasteiger partial charge in [-0.1, -0.05) is 24.3 Å². The maximum absolute atomic E-state index is 5.47. The topological polar surface area (TPSA) is 17.2 Å². The highest BCUT2D eigenvalue weighted by atomic mass is 16.5. The molecule has 0 amide bonds. The summed E-state index contributed by atoms with van der Waals surface area (Å²) in [6, 6.07) is 16.7. The molecular weight excluding hydrogens is 248 g/mol. The zero-order chi connectivity index (χ0) is 13.5. The molecule has 3 nitrogen and oxygen atoms in total. The van der Waals surface area contributed by atoms with Crippen molar-refractivity contribution in [2.75, 3.05) is 7.11 Å². The van der Waals surface area contributed by atoms with Crippen LogP contribution in [0.1, 0.15) is 5.56 Å². The van der Waals surface area contributed by atoms with Gasteiger partial charge in [-0.05, 0) is 18.2 Å². The average molecular weight is 263 g/mol. The molecule has 0 atom stereocenters. The fourth-order valence-corrected chi connectivity index (χ4v) is 2.90. The predicted molar refractivity (Wildman–Crippen MR) is 80.0 cm³/mol. The second-order valence-electron chi connectivity index (χ2n) is 4.98. The molecule has 0 radical (unpaired) electrons. The van der Waals surface area contributed by atoms with Gasteiger partial charge in [0.1, 0.15) is 0 Å². The summed E-state index contributed by atoms with van der Waals surface area (Å²) in [5.41, 5.74) is 3.63. The second kappa shape index (κ2) is 4.23. The first-order valence-corrected chi connectivity index (χ1v) is 6.69. The molecular formula is C17H15N2O+. The van der Waals surface area contributed by atoms with E-state index in [1.165, 1.54) is 16.5 Å². The average Bonchev–Trinajstić information content (AvgIpc) is 2.92. The van der Waals surface area contributed by atoms with E-state index >= 15 is 0 Å². The lowest BCUT2D eigenvalue weighted by atomic mass is 10.1. The Morgan fingerprint density at radius 3 is 2.85 bits per heavy atom. The van der Waals surface area contributed by atoms with Gasteiger partial charge in [0.25, 0.3) is 0 Å². The Labute approximate surface area is 117 Å². The van der Waals surface area contributed by atoms with Gasteiger partial charge in [-0.15, -0.1) is 0 Å². The zero-order valence-electron chi connectivity index (χ0n) is 11.3. The summed E-state index contributed by atoms with van der Waals surface area (Å²) in [7, 11) is 1.71. The minimum Gasteiger partial charge on any atom is -0.490 e. The summed E-state index contributed by atoms with van der Waals surface area (Å²) in [6.45, 7) is 0.806. The van der Waals surface area contributed by atoms with Crippen LogP contribution in [0.5, 0.6) is 5.75 Å². The van der Waals surface area contributed by atoms with E-state index in [0.717, 1.165) is 18.1 Å². The quantitative estimate of drug-likeness (QED) is 0.648. The minimum atomic E-state index is 0.806. The Hall–Kier alpha value is -2.55. The van der Waals surface area contributed by atoms with Crippen LogP contribution in [0.4, 0.5) is 5.69 Å². The third-order valence-electron chi connectivity index (χ3n) is 3.81. The van der Waals surface area contributed by atoms with E-state index in [4.69, 9.17) is 4.74 Å². The number of ether oxygens (including phenoxy) is 1. The first-order chi connectivity index (χ1) is 9.86. The fourth-order valence-electron chi connectivity index (χ4n) is 2.90. The van der Waals surface area contributed by atoms with Gasteiger partial charge in [0.05, 0.1) is 18.2 Å². The molecule has 1 aromatic heterocycles. The van der Waals surface area contributed by atoms with Crippen LogP contribution >= 0.6 is 0 Å². The van der Waals surface area contributed by atoms with Crippen LogP contribution in [0.3, 0.4) is 0 Å². The highest BCUT2D eigenvalue weighted by Gasteiger charge is 2.22. The molecule has 3 aromatic rings. The van der Waals surface area contributed by atoms with Crippen molar-refractivity contribution in [1.29, 1.82) is 0 Å². The third-order valence-corrected chi connectivity index (χ3v) is 3.81. The van der Waals surface area contributed by atoms with Gasteiger partial charge in [0.15, 0.2) is 12.0 Å². The number of benzene rings is 2. The normalized spacial score (nSPS) is 13.3. The maximum atomic E-state index is 5.47. The Balaban J connectivity index is 1.92. The molecule has 0 spiro atoms. The van der Waals surface area contributed by atoms with Gasteiger partial charge in [0.2, 0.25) is 12.4 Å². The molecule has 0 fully saturated rings. The van der Waals surface area contributed by atoms with E-state index in [1.54, 1.807) is 7.11 Å². The molecule has 0 saturated carbocycles. The van der Waals surface area contributed by atoms with Crippen LogP contribution in [0.15, 0.2) is 54.7 Å². The Morgan fingerprint density at radius 1 is 1.05 bits per heavy atom. The highest BCUT2D eigenvalue weighted by molar-refractivity contribution is 5.97. The largest absolute Gasteiger partial charge is 0.490 e. The molecule has 4 rings (SSSR count). The molecule has 98 valence electrons. The molecule has 0 unspecified atom stereocenters. The lowest BCUT2D eigenvalue weighted by molar-refractivity contribution is -0.472. The lowest BCUT2D eigenvalue weighted by Gasteiger charge is -2.14. The SMILES string of the molecule is COc1ccccc1[N+]1=Cc2cccc3ccn(c23)C1. The summed E-state index contributed by atoms with van der Waals surface area (Å²) in [4.78, 5) is 0. The first kappa shape index (κ1) is 11.3. The number of aromatic nitrogens is 1. The highest BCUT2D eigenvalue weighted by Crippen LogP contribution is 2.30. The fraction of sp³-hybridized carbons (Fsp3) is 0.118. The van der Waals surface area contributed by atoms with E-state index < -0.39 is 0 Å². The van der Waals surface area contributed by atoms with E-state index in [0.29, 0.717) is 0 Å². The summed E-state index contributed by atoms with van der Waals surface area (Å²) in [5.74, 6) is 0.895. The smallest absolute Gasteiger partial charge is 0.249 e. The molecule has 2 aromatic carbocycles. The van der Waals surface area contributed by atoms with Gasteiger partial charge < -0.3 is 4.74 Å². The maximum Gasteiger partial charge on any atom is 0.249 e. The summed E-state index contributed by atoms with van der Waals surface area (Å²) >= 11 is 0. The number of hydrogen-bond donors (Lipinski definition) is 0. The molecule has 1 aliphatic rings. The van der Waals surface area contributed by atoms with Crippen LogP contribution in [-0.2, 0) is 6.67 Å². The summed E-state index contributed by atoms with van der Waals surface area (Å²) < 4.78 is 9.97. The van der Waals surface area contributed by atoms with Crippen LogP contribution in [0, 0.1) is 0 Å². The van der Waals surface area contributed by atoms with Crippen molar-refractivity contribution < 1.29 is 9.31 Å².